The van der Waals surface area contributed by atoms with E-state index in [0.29, 0.717) is 32.6 Å². The predicted octanol–water partition coefficient (Wildman–Crippen LogP) is 2.61. The second kappa shape index (κ2) is 10.6. The van der Waals surface area contributed by atoms with Crippen molar-refractivity contribution in [1.29, 1.82) is 0 Å². The predicted molar refractivity (Wildman–Crippen MR) is 105 cm³/mol. The van der Waals surface area contributed by atoms with E-state index in [1.165, 1.54) is 0 Å². The van der Waals surface area contributed by atoms with Crippen molar-refractivity contribution in [2.75, 3.05) is 26.9 Å². The fourth-order valence-electron chi connectivity index (χ4n) is 2.71. The lowest BCUT2D eigenvalue weighted by Gasteiger charge is -2.18. The molecule has 0 spiro atoms. The van der Waals surface area contributed by atoms with Crippen LogP contribution >= 0.6 is 0 Å². The van der Waals surface area contributed by atoms with Gasteiger partial charge in [0.1, 0.15) is 6.04 Å². The van der Waals surface area contributed by atoms with Gasteiger partial charge in [0.25, 0.3) is 0 Å². The molecule has 0 aliphatic rings. The molecule has 0 aliphatic carbocycles. The first-order chi connectivity index (χ1) is 13.0. The van der Waals surface area contributed by atoms with E-state index in [2.05, 4.69) is 15.6 Å². The molecule has 3 N–H and O–H groups in total. The lowest BCUT2D eigenvalue weighted by atomic mass is 10.0. The molecule has 7 heteroatoms. The molecule has 27 heavy (non-hydrogen) atoms. The van der Waals surface area contributed by atoms with Crippen molar-refractivity contribution in [1.82, 2.24) is 15.6 Å². The van der Waals surface area contributed by atoms with E-state index < -0.39 is 12.1 Å². The van der Waals surface area contributed by atoms with Crippen LogP contribution in [0.2, 0.25) is 0 Å². The van der Waals surface area contributed by atoms with Crippen molar-refractivity contribution in [3.63, 3.8) is 0 Å². The van der Waals surface area contributed by atoms with Gasteiger partial charge in [0.05, 0.1) is 6.61 Å². The standard InChI is InChI=1S/C20H29N3O4/c1-14(2)13-27-20(25)23-18(19(24)21-9-6-10-26-3)11-15-12-22-17-8-5-4-7-16(15)17/h4-5,7-8,12,14,18,22H,6,9-11,13H2,1-3H3,(H,21,24)(H,23,25). The third-order valence-electron chi connectivity index (χ3n) is 4.08. The number of hydrogen-bond acceptors (Lipinski definition) is 4. The Labute approximate surface area is 159 Å². The van der Waals surface area contributed by atoms with Crippen molar-refractivity contribution < 1.29 is 19.1 Å². The van der Waals surface area contributed by atoms with Crippen molar-refractivity contribution in [3.05, 3.63) is 36.0 Å². The molecular weight excluding hydrogens is 346 g/mol. The third kappa shape index (κ3) is 6.60. The zero-order valence-electron chi connectivity index (χ0n) is 16.2. The fourth-order valence-corrected chi connectivity index (χ4v) is 2.71. The average molecular weight is 375 g/mol. The summed E-state index contributed by atoms with van der Waals surface area (Å²) >= 11 is 0. The average Bonchev–Trinajstić information content (AvgIpc) is 3.06. The molecule has 148 valence electrons. The highest BCUT2D eigenvalue weighted by Gasteiger charge is 2.23. The van der Waals surface area contributed by atoms with Crippen LogP contribution in [0.1, 0.15) is 25.8 Å². The van der Waals surface area contributed by atoms with Crippen LogP contribution in [-0.2, 0) is 20.7 Å². The Kier molecular flexibility index (Phi) is 8.13. The number of fused-ring (bicyclic) bond motifs is 1. The number of hydrogen-bond donors (Lipinski definition) is 3. The molecule has 2 aromatic rings. The summed E-state index contributed by atoms with van der Waals surface area (Å²) in [5.74, 6) is -0.0106. The van der Waals surface area contributed by atoms with E-state index in [0.717, 1.165) is 16.5 Å². The highest BCUT2D eigenvalue weighted by atomic mass is 16.5. The number of carbonyl (C=O) groups is 2. The van der Waals surface area contributed by atoms with Gasteiger partial charge in [0.2, 0.25) is 5.91 Å². The second-order valence-corrected chi connectivity index (χ2v) is 6.89. The zero-order chi connectivity index (χ0) is 19.6. The minimum atomic E-state index is -0.716. The van der Waals surface area contributed by atoms with Crippen LogP contribution in [0.15, 0.2) is 30.5 Å². The van der Waals surface area contributed by atoms with Gasteiger partial charge >= 0.3 is 6.09 Å². The van der Waals surface area contributed by atoms with Gasteiger partial charge in [-0.2, -0.15) is 0 Å². The topological polar surface area (TPSA) is 92.5 Å². The van der Waals surface area contributed by atoms with Crippen LogP contribution in [0.4, 0.5) is 4.79 Å². The molecule has 2 rings (SSSR count). The van der Waals surface area contributed by atoms with Crippen LogP contribution in [0.3, 0.4) is 0 Å². The van der Waals surface area contributed by atoms with E-state index in [9.17, 15) is 9.59 Å². The number of benzene rings is 1. The van der Waals surface area contributed by atoms with Gasteiger partial charge < -0.3 is 25.1 Å². The molecular formula is C20H29N3O4. The molecule has 0 bridgehead atoms. The highest BCUT2D eigenvalue weighted by molar-refractivity contribution is 5.88. The molecule has 0 fully saturated rings. The Bertz CT molecular complexity index is 742. The van der Waals surface area contributed by atoms with Gasteiger partial charge in [-0.15, -0.1) is 0 Å². The Morgan fingerprint density at radius 2 is 2.00 bits per heavy atom. The maximum Gasteiger partial charge on any atom is 0.407 e. The van der Waals surface area contributed by atoms with Gasteiger partial charge in [0, 0.05) is 43.8 Å². The number of para-hydroxylation sites is 1. The first-order valence-corrected chi connectivity index (χ1v) is 9.26. The number of rotatable bonds is 10. The summed E-state index contributed by atoms with van der Waals surface area (Å²) in [7, 11) is 1.62. The van der Waals surface area contributed by atoms with Gasteiger partial charge in [-0.25, -0.2) is 4.79 Å². The van der Waals surface area contributed by atoms with Crippen molar-refractivity contribution >= 4 is 22.9 Å². The fraction of sp³-hybridized carbons (Fsp3) is 0.500. The van der Waals surface area contributed by atoms with Crippen molar-refractivity contribution in [2.45, 2.75) is 32.7 Å². The largest absolute Gasteiger partial charge is 0.449 e. The number of alkyl carbamates (subject to hydrolysis) is 1. The summed E-state index contributed by atoms with van der Waals surface area (Å²) in [6, 6.07) is 7.15. The summed E-state index contributed by atoms with van der Waals surface area (Å²) < 4.78 is 10.2. The Hall–Kier alpha value is -2.54. The molecule has 2 amide bonds. The first kappa shape index (κ1) is 20.8. The minimum Gasteiger partial charge on any atom is -0.449 e. The molecule has 0 radical (unpaired) electrons. The van der Waals surface area contributed by atoms with Crippen LogP contribution < -0.4 is 10.6 Å². The molecule has 1 atom stereocenters. The number of aromatic nitrogens is 1. The Morgan fingerprint density at radius 3 is 2.74 bits per heavy atom. The summed E-state index contributed by atoms with van der Waals surface area (Å²) in [5.41, 5.74) is 1.96. The maximum absolute atomic E-state index is 12.6. The van der Waals surface area contributed by atoms with E-state index in [-0.39, 0.29) is 11.8 Å². The van der Waals surface area contributed by atoms with Crippen LogP contribution in [-0.4, -0.2) is 49.9 Å². The smallest absolute Gasteiger partial charge is 0.407 e. The SMILES string of the molecule is COCCCNC(=O)C(Cc1c[nH]c2ccccc12)NC(=O)OCC(C)C. The van der Waals surface area contributed by atoms with Gasteiger partial charge in [0.15, 0.2) is 0 Å². The molecule has 1 unspecified atom stereocenters. The molecule has 0 saturated heterocycles. The van der Waals surface area contributed by atoms with Crippen LogP contribution in [0, 0.1) is 5.92 Å². The molecule has 0 aliphatic heterocycles. The summed E-state index contributed by atoms with van der Waals surface area (Å²) in [6.45, 7) is 5.27. The zero-order valence-corrected chi connectivity index (χ0v) is 16.2. The lowest BCUT2D eigenvalue weighted by Crippen LogP contribution is -2.48. The molecule has 1 heterocycles. The quantitative estimate of drug-likeness (QED) is 0.557. The molecule has 1 aromatic carbocycles. The van der Waals surface area contributed by atoms with Gasteiger partial charge in [-0.3, -0.25) is 4.79 Å². The number of nitrogens with one attached hydrogen (secondary N) is 3. The monoisotopic (exact) mass is 375 g/mol. The van der Waals surface area contributed by atoms with E-state index in [4.69, 9.17) is 9.47 Å². The number of H-pyrrole nitrogens is 1. The van der Waals surface area contributed by atoms with Crippen molar-refractivity contribution in [2.24, 2.45) is 5.92 Å². The number of methoxy groups -OCH3 is 1. The summed E-state index contributed by atoms with van der Waals surface area (Å²) in [4.78, 5) is 27.9. The number of aromatic amines is 1. The molecule has 1 aromatic heterocycles. The van der Waals surface area contributed by atoms with E-state index in [1.54, 1.807) is 7.11 Å². The summed E-state index contributed by atoms with van der Waals surface area (Å²) in [5, 5.41) is 6.58. The Balaban J connectivity index is 2.05. The second-order valence-electron chi connectivity index (χ2n) is 6.89. The number of amides is 2. The number of ether oxygens (including phenoxy) is 2. The lowest BCUT2D eigenvalue weighted by molar-refractivity contribution is -0.123. The van der Waals surface area contributed by atoms with Crippen LogP contribution in [0.25, 0.3) is 10.9 Å². The highest BCUT2D eigenvalue weighted by Crippen LogP contribution is 2.19. The van der Waals surface area contributed by atoms with E-state index in [1.807, 2.05) is 44.3 Å². The van der Waals surface area contributed by atoms with Crippen molar-refractivity contribution in [3.8, 4) is 0 Å². The van der Waals surface area contributed by atoms with E-state index >= 15 is 0 Å². The minimum absolute atomic E-state index is 0.227. The van der Waals surface area contributed by atoms with Gasteiger partial charge in [-0.1, -0.05) is 32.0 Å². The maximum atomic E-state index is 12.6. The van der Waals surface area contributed by atoms with Gasteiger partial charge in [-0.05, 0) is 24.0 Å². The third-order valence-corrected chi connectivity index (χ3v) is 4.08. The molecule has 0 saturated carbocycles. The first-order valence-electron chi connectivity index (χ1n) is 9.26. The molecule has 7 nitrogen and oxygen atoms in total. The number of carbonyl (C=O) groups excluding carboxylic acids is 2. The Morgan fingerprint density at radius 1 is 1.22 bits per heavy atom. The summed E-state index contributed by atoms with van der Waals surface area (Å²) in [6.07, 6.45) is 2.37. The normalized spacial score (nSPS) is 12.1. The van der Waals surface area contributed by atoms with Crippen LogP contribution in [0.5, 0.6) is 0 Å².